The molecule has 1 N–H and O–H groups in total. The van der Waals surface area contributed by atoms with Gasteiger partial charge in [0.25, 0.3) is 0 Å². The van der Waals surface area contributed by atoms with Crippen LogP contribution in [-0.4, -0.2) is 22.9 Å². The van der Waals surface area contributed by atoms with Crippen LogP contribution in [0.25, 0.3) is 0 Å². The van der Waals surface area contributed by atoms with Gasteiger partial charge in [-0.05, 0) is 24.6 Å². The number of anilines is 1. The molecule has 0 spiro atoms. The Morgan fingerprint density at radius 2 is 1.68 bits per heavy atom. The summed E-state index contributed by atoms with van der Waals surface area (Å²) in [6.45, 7) is 5.16. The maximum absolute atomic E-state index is 12.1. The quantitative estimate of drug-likeness (QED) is 0.824. The second kappa shape index (κ2) is 4.50. The summed E-state index contributed by atoms with van der Waals surface area (Å²) in [7, 11) is 0. The Morgan fingerprint density at radius 1 is 1.16 bits per heavy atom. The molecule has 1 saturated heterocycles. The SMILES string of the molecule is Cc1ccc(C(=O)O)cc1N1C(=O)C(C)C(C)C1=O. The molecule has 1 aromatic carbocycles. The van der Waals surface area contributed by atoms with Gasteiger partial charge in [-0.2, -0.15) is 0 Å². The molecule has 0 saturated carbocycles. The van der Waals surface area contributed by atoms with Crippen LogP contribution in [0.3, 0.4) is 0 Å². The minimum Gasteiger partial charge on any atom is -0.478 e. The normalized spacial score (nSPS) is 23.0. The van der Waals surface area contributed by atoms with Crippen molar-refractivity contribution in [2.75, 3.05) is 4.90 Å². The van der Waals surface area contributed by atoms with Crippen LogP contribution in [0, 0.1) is 18.8 Å². The molecule has 19 heavy (non-hydrogen) atoms. The zero-order valence-corrected chi connectivity index (χ0v) is 11.0. The Labute approximate surface area is 110 Å². The van der Waals surface area contributed by atoms with Crippen molar-refractivity contribution < 1.29 is 19.5 Å². The third kappa shape index (κ3) is 2.01. The molecule has 1 aromatic rings. The molecule has 2 unspecified atom stereocenters. The number of aromatic carboxylic acids is 1. The van der Waals surface area contributed by atoms with Gasteiger partial charge in [0.2, 0.25) is 11.8 Å². The second-order valence-corrected chi connectivity index (χ2v) is 4.90. The van der Waals surface area contributed by atoms with E-state index in [-0.39, 0.29) is 29.2 Å². The number of hydrogen-bond acceptors (Lipinski definition) is 3. The van der Waals surface area contributed by atoms with E-state index >= 15 is 0 Å². The van der Waals surface area contributed by atoms with Gasteiger partial charge in [0.15, 0.2) is 0 Å². The van der Waals surface area contributed by atoms with E-state index in [1.54, 1.807) is 26.8 Å². The number of aryl methyl sites for hydroxylation is 1. The predicted octanol–water partition coefficient (Wildman–Crippen LogP) is 1.84. The number of carbonyl (C=O) groups excluding carboxylic acids is 2. The standard InChI is InChI=1S/C14H15NO4/c1-7-4-5-10(14(18)19)6-11(7)15-12(16)8(2)9(3)13(15)17/h4-6,8-9H,1-3H3,(H,18,19). The fraction of sp³-hybridized carbons (Fsp3) is 0.357. The van der Waals surface area contributed by atoms with Gasteiger partial charge in [0, 0.05) is 11.8 Å². The topological polar surface area (TPSA) is 74.7 Å². The van der Waals surface area contributed by atoms with Crippen molar-refractivity contribution in [2.45, 2.75) is 20.8 Å². The monoisotopic (exact) mass is 261 g/mol. The number of carboxylic acid groups (broad SMARTS) is 1. The Balaban J connectivity index is 2.53. The molecule has 2 atom stereocenters. The van der Waals surface area contributed by atoms with Gasteiger partial charge in [0.05, 0.1) is 11.3 Å². The first kappa shape index (κ1) is 13.3. The summed E-state index contributed by atoms with van der Waals surface area (Å²) >= 11 is 0. The van der Waals surface area contributed by atoms with Crippen LogP contribution in [0.15, 0.2) is 18.2 Å². The van der Waals surface area contributed by atoms with Gasteiger partial charge in [0.1, 0.15) is 0 Å². The Bertz CT molecular complexity index is 559. The predicted molar refractivity (Wildman–Crippen MR) is 69.0 cm³/mol. The van der Waals surface area contributed by atoms with Gasteiger partial charge in [-0.3, -0.25) is 9.59 Å². The fourth-order valence-corrected chi connectivity index (χ4v) is 2.16. The number of imide groups is 1. The van der Waals surface area contributed by atoms with E-state index in [1.165, 1.54) is 12.1 Å². The van der Waals surface area contributed by atoms with Crippen molar-refractivity contribution in [3.63, 3.8) is 0 Å². The Kier molecular flexibility index (Phi) is 3.14. The fourth-order valence-electron chi connectivity index (χ4n) is 2.16. The molecule has 0 bridgehead atoms. The second-order valence-electron chi connectivity index (χ2n) is 4.90. The number of benzene rings is 1. The lowest BCUT2D eigenvalue weighted by atomic mass is 10.00. The van der Waals surface area contributed by atoms with Crippen molar-refractivity contribution in [3.8, 4) is 0 Å². The molecule has 0 radical (unpaired) electrons. The molecular formula is C14H15NO4. The molecule has 0 aromatic heterocycles. The van der Waals surface area contributed by atoms with Crippen molar-refractivity contribution >= 4 is 23.5 Å². The van der Waals surface area contributed by atoms with Crippen LogP contribution in [0.5, 0.6) is 0 Å². The molecule has 1 aliphatic rings. The lowest BCUT2D eigenvalue weighted by Crippen LogP contribution is -2.31. The molecule has 5 nitrogen and oxygen atoms in total. The maximum atomic E-state index is 12.1. The average molecular weight is 261 g/mol. The largest absolute Gasteiger partial charge is 0.478 e. The Hall–Kier alpha value is -2.17. The summed E-state index contributed by atoms with van der Waals surface area (Å²) in [5.41, 5.74) is 1.13. The maximum Gasteiger partial charge on any atom is 0.335 e. The highest BCUT2D eigenvalue weighted by Crippen LogP contribution is 2.32. The molecule has 1 aliphatic heterocycles. The van der Waals surface area contributed by atoms with Gasteiger partial charge in [-0.15, -0.1) is 0 Å². The number of carbonyl (C=O) groups is 3. The van der Waals surface area contributed by atoms with E-state index in [2.05, 4.69) is 0 Å². The van der Waals surface area contributed by atoms with Gasteiger partial charge in [-0.1, -0.05) is 19.9 Å². The van der Waals surface area contributed by atoms with Crippen molar-refractivity contribution in [2.24, 2.45) is 11.8 Å². The molecule has 1 fully saturated rings. The zero-order valence-electron chi connectivity index (χ0n) is 11.0. The molecular weight excluding hydrogens is 246 g/mol. The first-order valence-electron chi connectivity index (χ1n) is 6.06. The summed E-state index contributed by atoms with van der Waals surface area (Å²) in [4.78, 5) is 36.3. The number of amides is 2. The van der Waals surface area contributed by atoms with E-state index in [4.69, 9.17) is 5.11 Å². The Morgan fingerprint density at radius 3 is 2.16 bits per heavy atom. The van der Waals surface area contributed by atoms with Crippen molar-refractivity contribution in [1.82, 2.24) is 0 Å². The smallest absolute Gasteiger partial charge is 0.335 e. The highest BCUT2D eigenvalue weighted by atomic mass is 16.4. The summed E-state index contributed by atoms with van der Waals surface area (Å²) in [6.07, 6.45) is 0. The summed E-state index contributed by atoms with van der Waals surface area (Å²) in [6, 6.07) is 4.43. The first-order chi connectivity index (χ1) is 8.84. The van der Waals surface area contributed by atoms with Crippen LogP contribution < -0.4 is 4.90 Å². The summed E-state index contributed by atoms with van der Waals surface area (Å²) in [5, 5.41) is 8.99. The van der Waals surface area contributed by atoms with E-state index in [0.29, 0.717) is 11.3 Å². The average Bonchev–Trinajstić information content (AvgIpc) is 2.55. The molecule has 2 amide bonds. The number of carboxylic acids is 1. The third-order valence-electron chi connectivity index (χ3n) is 3.67. The highest BCUT2D eigenvalue weighted by molar-refractivity contribution is 6.22. The van der Waals surface area contributed by atoms with Crippen LogP contribution in [-0.2, 0) is 9.59 Å². The van der Waals surface area contributed by atoms with Gasteiger partial charge < -0.3 is 5.11 Å². The van der Waals surface area contributed by atoms with Gasteiger partial charge in [-0.25, -0.2) is 9.69 Å². The van der Waals surface area contributed by atoms with Crippen LogP contribution in [0.4, 0.5) is 5.69 Å². The lowest BCUT2D eigenvalue weighted by molar-refractivity contribution is -0.122. The highest BCUT2D eigenvalue weighted by Gasteiger charge is 2.43. The zero-order chi connectivity index (χ0) is 14.3. The van der Waals surface area contributed by atoms with Crippen LogP contribution >= 0.6 is 0 Å². The number of rotatable bonds is 2. The number of hydrogen-bond donors (Lipinski definition) is 1. The minimum atomic E-state index is -1.08. The van der Waals surface area contributed by atoms with E-state index in [1.807, 2.05) is 0 Å². The molecule has 100 valence electrons. The first-order valence-corrected chi connectivity index (χ1v) is 6.06. The molecule has 0 aliphatic carbocycles. The number of nitrogens with zero attached hydrogens (tertiary/aromatic N) is 1. The molecule has 1 heterocycles. The summed E-state index contributed by atoms with van der Waals surface area (Å²) < 4.78 is 0. The lowest BCUT2D eigenvalue weighted by Gasteiger charge is -2.17. The van der Waals surface area contributed by atoms with Crippen LogP contribution in [0.2, 0.25) is 0 Å². The van der Waals surface area contributed by atoms with E-state index in [0.717, 1.165) is 4.90 Å². The van der Waals surface area contributed by atoms with E-state index < -0.39 is 5.97 Å². The third-order valence-corrected chi connectivity index (χ3v) is 3.67. The molecule has 2 rings (SSSR count). The van der Waals surface area contributed by atoms with Crippen molar-refractivity contribution in [1.29, 1.82) is 0 Å². The van der Waals surface area contributed by atoms with Crippen molar-refractivity contribution in [3.05, 3.63) is 29.3 Å². The molecule has 5 heteroatoms. The van der Waals surface area contributed by atoms with E-state index in [9.17, 15) is 14.4 Å². The summed E-state index contributed by atoms with van der Waals surface area (Å²) in [5.74, 6) is -2.38. The minimum absolute atomic E-state index is 0.0633. The van der Waals surface area contributed by atoms with Gasteiger partial charge >= 0.3 is 5.97 Å². The van der Waals surface area contributed by atoms with Crippen LogP contribution in [0.1, 0.15) is 29.8 Å².